The number of aryl methyl sites for hydroxylation is 1. The molecule has 2 rings (SSSR count). The van der Waals surface area contributed by atoms with E-state index in [2.05, 4.69) is 10.3 Å². The molecule has 0 radical (unpaired) electrons. The Labute approximate surface area is 158 Å². The summed E-state index contributed by atoms with van der Waals surface area (Å²) >= 11 is 1.06. The number of nitrogens with one attached hydrogen (secondary N) is 1. The molecule has 1 aromatic heterocycles. The van der Waals surface area contributed by atoms with Crippen molar-refractivity contribution in [3.8, 4) is 0 Å². The number of thiazole rings is 1. The minimum atomic E-state index is -3.31. The predicted molar refractivity (Wildman–Crippen MR) is 99.8 cm³/mol. The van der Waals surface area contributed by atoms with Crippen LogP contribution in [-0.4, -0.2) is 55.0 Å². The van der Waals surface area contributed by atoms with Gasteiger partial charge in [-0.05, 0) is 33.1 Å². The number of piperidine rings is 1. The summed E-state index contributed by atoms with van der Waals surface area (Å²) in [7, 11) is -3.31. The quantitative estimate of drug-likeness (QED) is 0.698. The Balaban J connectivity index is 2.03. The molecular formula is C16H25N3O5S2. The van der Waals surface area contributed by atoms with E-state index in [1.165, 1.54) is 4.31 Å². The third-order valence-electron chi connectivity index (χ3n) is 4.10. The van der Waals surface area contributed by atoms with E-state index >= 15 is 0 Å². The lowest BCUT2D eigenvalue weighted by atomic mass is 9.99. The van der Waals surface area contributed by atoms with Gasteiger partial charge in [0.05, 0.1) is 24.0 Å². The van der Waals surface area contributed by atoms with E-state index in [4.69, 9.17) is 4.74 Å². The SMILES string of the molecule is CCCS(=O)(=O)N1CCC[C@H](C(=O)Nc2nc(C)c(C(=O)OCC)s2)C1. The molecule has 0 spiro atoms. The highest BCUT2D eigenvalue weighted by Crippen LogP contribution is 2.26. The van der Waals surface area contributed by atoms with E-state index < -0.39 is 21.9 Å². The van der Waals surface area contributed by atoms with E-state index in [9.17, 15) is 18.0 Å². The molecule has 0 aromatic carbocycles. The second-order valence-corrected chi connectivity index (χ2v) is 9.24. The van der Waals surface area contributed by atoms with Crippen molar-refractivity contribution in [1.82, 2.24) is 9.29 Å². The van der Waals surface area contributed by atoms with E-state index in [0.717, 1.165) is 11.3 Å². The fourth-order valence-electron chi connectivity index (χ4n) is 2.84. The van der Waals surface area contributed by atoms with E-state index in [-0.39, 0.29) is 24.8 Å². The van der Waals surface area contributed by atoms with Crippen LogP contribution in [0.1, 0.15) is 48.5 Å². The highest BCUT2D eigenvalue weighted by molar-refractivity contribution is 7.89. The lowest BCUT2D eigenvalue weighted by Gasteiger charge is -2.30. The first-order valence-corrected chi connectivity index (χ1v) is 11.1. The lowest BCUT2D eigenvalue weighted by molar-refractivity contribution is -0.120. The molecule has 0 saturated carbocycles. The van der Waals surface area contributed by atoms with Gasteiger partial charge in [0.15, 0.2) is 5.13 Å². The smallest absolute Gasteiger partial charge is 0.350 e. The standard InChI is InChI=1S/C16H25N3O5S2/c1-4-9-26(22,23)19-8-6-7-12(10-19)14(20)18-16-17-11(3)13(25-16)15(21)24-5-2/h12H,4-10H2,1-3H3,(H,17,18,20)/t12-/m0/s1. The summed E-state index contributed by atoms with van der Waals surface area (Å²) in [5, 5.41) is 3.04. The minimum absolute atomic E-state index is 0.0932. The number of hydrogen-bond acceptors (Lipinski definition) is 7. The fourth-order valence-corrected chi connectivity index (χ4v) is 5.29. The number of amides is 1. The van der Waals surface area contributed by atoms with Crippen LogP contribution in [0.4, 0.5) is 5.13 Å². The number of nitrogens with zero attached hydrogens (tertiary/aromatic N) is 2. The largest absolute Gasteiger partial charge is 0.462 e. The van der Waals surface area contributed by atoms with Gasteiger partial charge in [-0.1, -0.05) is 18.3 Å². The second kappa shape index (κ2) is 8.92. The molecule has 146 valence electrons. The monoisotopic (exact) mass is 403 g/mol. The van der Waals surface area contributed by atoms with Crippen LogP contribution >= 0.6 is 11.3 Å². The van der Waals surface area contributed by atoms with Gasteiger partial charge >= 0.3 is 5.97 Å². The first-order valence-electron chi connectivity index (χ1n) is 8.71. The molecule has 1 N–H and O–H groups in total. The molecule has 10 heteroatoms. The van der Waals surface area contributed by atoms with Gasteiger partial charge in [0.25, 0.3) is 0 Å². The summed E-state index contributed by atoms with van der Waals surface area (Å²) < 4.78 is 30.8. The first-order chi connectivity index (χ1) is 12.3. The zero-order valence-electron chi connectivity index (χ0n) is 15.3. The third-order valence-corrected chi connectivity index (χ3v) is 7.19. The highest BCUT2D eigenvalue weighted by atomic mass is 32.2. The molecule has 1 aliphatic rings. The van der Waals surface area contributed by atoms with Gasteiger partial charge in [0, 0.05) is 13.1 Å². The van der Waals surface area contributed by atoms with Crippen molar-refractivity contribution >= 4 is 38.4 Å². The molecule has 26 heavy (non-hydrogen) atoms. The number of hydrogen-bond donors (Lipinski definition) is 1. The lowest BCUT2D eigenvalue weighted by Crippen LogP contribution is -2.44. The molecule has 2 heterocycles. The zero-order valence-corrected chi connectivity index (χ0v) is 16.9. The Bertz CT molecular complexity index is 760. The molecule has 1 saturated heterocycles. The Morgan fingerprint density at radius 2 is 2.12 bits per heavy atom. The number of sulfonamides is 1. The summed E-state index contributed by atoms with van der Waals surface area (Å²) in [5.74, 6) is -1.07. The number of carbonyl (C=O) groups excluding carboxylic acids is 2. The molecule has 1 aliphatic heterocycles. The van der Waals surface area contributed by atoms with Crippen LogP contribution in [0.5, 0.6) is 0 Å². The minimum Gasteiger partial charge on any atom is -0.462 e. The van der Waals surface area contributed by atoms with Crippen molar-refractivity contribution in [2.75, 3.05) is 30.8 Å². The number of anilines is 1. The molecule has 0 aliphatic carbocycles. The van der Waals surface area contributed by atoms with Crippen LogP contribution < -0.4 is 5.32 Å². The summed E-state index contributed by atoms with van der Waals surface area (Å²) in [6, 6.07) is 0. The van der Waals surface area contributed by atoms with Crippen LogP contribution in [0.3, 0.4) is 0 Å². The summed E-state index contributed by atoms with van der Waals surface area (Å²) in [6.45, 7) is 6.12. The van der Waals surface area contributed by atoms with Crippen molar-refractivity contribution in [2.24, 2.45) is 5.92 Å². The van der Waals surface area contributed by atoms with Crippen LogP contribution in [0.25, 0.3) is 0 Å². The van der Waals surface area contributed by atoms with Gasteiger partial charge in [0.2, 0.25) is 15.9 Å². The molecule has 1 aromatic rings. The van der Waals surface area contributed by atoms with Crippen LogP contribution in [0.2, 0.25) is 0 Å². The molecule has 0 bridgehead atoms. The normalized spacial score (nSPS) is 18.5. The number of ether oxygens (including phenoxy) is 1. The first kappa shape index (κ1) is 20.8. The number of aromatic nitrogens is 1. The maximum Gasteiger partial charge on any atom is 0.350 e. The molecule has 1 fully saturated rings. The molecule has 1 atom stereocenters. The van der Waals surface area contributed by atoms with Crippen molar-refractivity contribution < 1.29 is 22.7 Å². The summed E-state index contributed by atoms with van der Waals surface area (Å²) in [4.78, 5) is 28.9. The molecule has 8 nitrogen and oxygen atoms in total. The Hall–Kier alpha value is -1.52. The van der Waals surface area contributed by atoms with Crippen molar-refractivity contribution in [1.29, 1.82) is 0 Å². The maximum atomic E-state index is 12.5. The average Bonchev–Trinajstić information content (AvgIpc) is 2.95. The Morgan fingerprint density at radius 1 is 1.38 bits per heavy atom. The van der Waals surface area contributed by atoms with Crippen molar-refractivity contribution in [3.05, 3.63) is 10.6 Å². The maximum absolute atomic E-state index is 12.5. The van der Waals surface area contributed by atoms with Gasteiger partial charge in [-0.15, -0.1) is 0 Å². The second-order valence-electron chi connectivity index (χ2n) is 6.16. The zero-order chi connectivity index (χ0) is 19.3. The van der Waals surface area contributed by atoms with Crippen molar-refractivity contribution in [2.45, 2.75) is 40.0 Å². The van der Waals surface area contributed by atoms with Crippen LogP contribution in [0, 0.1) is 12.8 Å². The predicted octanol–water partition coefficient (Wildman–Crippen LogP) is 2.02. The average molecular weight is 404 g/mol. The fraction of sp³-hybridized carbons (Fsp3) is 0.688. The van der Waals surface area contributed by atoms with Gasteiger partial charge < -0.3 is 10.1 Å². The van der Waals surface area contributed by atoms with Gasteiger partial charge in [0.1, 0.15) is 4.88 Å². The third kappa shape index (κ3) is 5.01. The Kier molecular flexibility index (Phi) is 7.13. The van der Waals surface area contributed by atoms with E-state index in [0.29, 0.717) is 41.5 Å². The number of esters is 1. The molecule has 0 unspecified atom stereocenters. The van der Waals surface area contributed by atoms with Gasteiger partial charge in [-0.2, -0.15) is 0 Å². The number of rotatable bonds is 7. The van der Waals surface area contributed by atoms with Crippen LogP contribution in [-0.2, 0) is 19.6 Å². The van der Waals surface area contributed by atoms with E-state index in [1.54, 1.807) is 13.8 Å². The molecular weight excluding hydrogens is 378 g/mol. The number of carbonyl (C=O) groups is 2. The topological polar surface area (TPSA) is 106 Å². The van der Waals surface area contributed by atoms with Crippen molar-refractivity contribution in [3.63, 3.8) is 0 Å². The summed E-state index contributed by atoms with van der Waals surface area (Å²) in [5.41, 5.74) is 0.500. The van der Waals surface area contributed by atoms with E-state index in [1.807, 2.05) is 6.92 Å². The summed E-state index contributed by atoms with van der Waals surface area (Å²) in [6.07, 6.45) is 1.82. The van der Waals surface area contributed by atoms with Gasteiger partial charge in [-0.25, -0.2) is 22.5 Å². The van der Waals surface area contributed by atoms with Crippen LogP contribution in [0.15, 0.2) is 0 Å². The molecule has 1 amide bonds. The highest BCUT2D eigenvalue weighted by Gasteiger charge is 2.32. The Morgan fingerprint density at radius 3 is 2.77 bits per heavy atom. The van der Waals surface area contributed by atoms with Gasteiger partial charge in [-0.3, -0.25) is 4.79 Å².